The van der Waals surface area contributed by atoms with Gasteiger partial charge in [-0.25, -0.2) is 8.42 Å². The van der Waals surface area contributed by atoms with Gasteiger partial charge in [0.1, 0.15) is 12.6 Å². The summed E-state index contributed by atoms with van der Waals surface area (Å²) in [5, 5.41) is 3.61. The fourth-order valence-electron chi connectivity index (χ4n) is 5.77. The third kappa shape index (κ3) is 9.16. The summed E-state index contributed by atoms with van der Waals surface area (Å²) in [6, 6.07) is 28.4. The van der Waals surface area contributed by atoms with Crippen LogP contribution in [0.15, 0.2) is 112 Å². The van der Waals surface area contributed by atoms with E-state index >= 15 is 0 Å². The Labute approximate surface area is 295 Å². The van der Waals surface area contributed by atoms with Crippen molar-refractivity contribution in [1.29, 1.82) is 0 Å². The van der Waals surface area contributed by atoms with E-state index in [0.717, 1.165) is 52.0 Å². The molecular weight excluding hydrogens is 721 g/mol. The minimum absolute atomic E-state index is 0.00853. The third-order valence-electron chi connectivity index (χ3n) is 8.29. The van der Waals surface area contributed by atoms with Crippen LogP contribution in [-0.4, -0.2) is 43.8 Å². The Morgan fingerprint density at radius 1 is 0.809 bits per heavy atom. The van der Waals surface area contributed by atoms with Crippen molar-refractivity contribution in [3.8, 4) is 0 Å². The average Bonchev–Trinajstić information content (AvgIpc) is 3.08. The Morgan fingerprint density at radius 3 is 2.09 bits per heavy atom. The number of sulfonamides is 1. The van der Waals surface area contributed by atoms with Crippen molar-refractivity contribution in [2.75, 3.05) is 10.8 Å². The number of carbonyl (C=O) groups is 2. The topological polar surface area (TPSA) is 86.8 Å². The van der Waals surface area contributed by atoms with Gasteiger partial charge in [0.2, 0.25) is 11.8 Å². The Balaban J connectivity index is 1.56. The molecule has 0 unspecified atom stereocenters. The zero-order valence-corrected chi connectivity index (χ0v) is 29.6. The Hall–Kier alpha value is -3.37. The van der Waals surface area contributed by atoms with Crippen LogP contribution in [0.3, 0.4) is 0 Å². The van der Waals surface area contributed by atoms with Crippen molar-refractivity contribution >= 4 is 66.7 Å². The minimum atomic E-state index is -4.24. The van der Waals surface area contributed by atoms with Gasteiger partial charge >= 0.3 is 0 Å². The Morgan fingerprint density at radius 2 is 1.45 bits per heavy atom. The zero-order chi connectivity index (χ0) is 33.4. The molecule has 1 atom stereocenters. The van der Waals surface area contributed by atoms with E-state index in [4.69, 9.17) is 23.2 Å². The summed E-state index contributed by atoms with van der Waals surface area (Å²) in [6.07, 6.45) is 5.21. The van der Waals surface area contributed by atoms with Crippen LogP contribution in [0, 0.1) is 0 Å². The number of rotatable bonds is 12. The van der Waals surface area contributed by atoms with E-state index in [-0.39, 0.29) is 45.5 Å². The molecule has 0 heterocycles. The molecule has 1 aliphatic carbocycles. The van der Waals surface area contributed by atoms with Crippen molar-refractivity contribution in [3.63, 3.8) is 0 Å². The van der Waals surface area contributed by atoms with Crippen LogP contribution < -0.4 is 9.62 Å². The smallest absolute Gasteiger partial charge is 0.264 e. The van der Waals surface area contributed by atoms with Crippen LogP contribution in [0.4, 0.5) is 5.69 Å². The van der Waals surface area contributed by atoms with E-state index in [2.05, 4.69) is 21.2 Å². The number of hydrogen-bond donors (Lipinski definition) is 1. The molecule has 0 bridgehead atoms. The van der Waals surface area contributed by atoms with E-state index < -0.39 is 28.5 Å². The second-order valence-electron chi connectivity index (χ2n) is 11.6. The summed E-state index contributed by atoms with van der Waals surface area (Å²) >= 11 is 16.0. The van der Waals surface area contributed by atoms with Crippen LogP contribution in [0.25, 0.3) is 0 Å². The lowest BCUT2D eigenvalue weighted by Crippen LogP contribution is -2.55. The highest BCUT2D eigenvalue weighted by atomic mass is 79.9. The maximum Gasteiger partial charge on any atom is 0.264 e. The highest BCUT2D eigenvalue weighted by Gasteiger charge is 2.35. The number of hydrogen-bond acceptors (Lipinski definition) is 4. The maximum atomic E-state index is 14.6. The van der Waals surface area contributed by atoms with Gasteiger partial charge in [-0.3, -0.25) is 13.9 Å². The van der Waals surface area contributed by atoms with Gasteiger partial charge in [0.15, 0.2) is 0 Å². The summed E-state index contributed by atoms with van der Waals surface area (Å²) < 4.78 is 30.2. The Bertz CT molecular complexity index is 1770. The number of nitrogens with zero attached hydrogens (tertiary/aromatic N) is 2. The van der Waals surface area contributed by atoms with E-state index in [1.165, 1.54) is 35.2 Å². The van der Waals surface area contributed by atoms with Crippen LogP contribution in [0.2, 0.25) is 10.0 Å². The molecule has 2 amide bonds. The number of halogens is 3. The molecule has 47 heavy (non-hydrogen) atoms. The van der Waals surface area contributed by atoms with Gasteiger partial charge in [-0.2, -0.15) is 0 Å². The monoisotopic (exact) mass is 755 g/mol. The first-order chi connectivity index (χ1) is 22.6. The van der Waals surface area contributed by atoms with Crippen molar-refractivity contribution in [2.45, 2.75) is 62.0 Å². The fourth-order valence-corrected chi connectivity index (χ4v) is 7.76. The van der Waals surface area contributed by atoms with Gasteiger partial charge in [0.25, 0.3) is 10.0 Å². The van der Waals surface area contributed by atoms with Crippen molar-refractivity contribution in [2.24, 2.45) is 0 Å². The fraction of sp³-hybridized carbons (Fsp3) is 0.278. The molecule has 1 N–H and O–H groups in total. The predicted octanol–water partition coefficient (Wildman–Crippen LogP) is 8.04. The Kier molecular flexibility index (Phi) is 12.0. The average molecular weight is 758 g/mol. The molecule has 1 fully saturated rings. The summed E-state index contributed by atoms with van der Waals surface area (Å²) in [5.74, 6) is -0.809. The molecule has 4 aromatic carbocycles. The summed E-state index contributed by atoms with van der Waals surface area (Å²) in [7, 11) is -4.24. The molecule has 11 heteroatoms. The molecule has 7 nitrogen and oxygen atoms in total. The predicted molar refractivity (Wildman–Crippen MR) is 191 cm³/mol. The first kappa shape index (κ1) is 35.0. The molecular formula is C36H36BrCl2N3O4S. The largest absolute Gasteiger partial charge is 0.352 e. The second kappa shape index (κ2) is 16.2. The van der Waals surface area contributed by atoms with Crippen LogP contribution in [0.5, 0.6) is 0 Å². The molecule has 0 aliphatic heterocycles. The van der Waals surface area contributed by atoms with E-state index in [1.54, 1.807) is 18.2 Å². The van der Waals surface area contributed by atoms with Gasteiger partial charge in [-0.05, 0) is 66.4 Å². The minimum Gasteiger partial charge on any atom is -0.352 e. The third-order valence-corrected chi connectivity index (χ3v) is 11.3. The van der Waals surface area contributed by atoms with E-state index in [9.17, 15) is 18.0 Å². The molecule has 4 aromatic rings. The van der Waals surface area contributed by atoms with Crippen molar-refractivity contribution in [3.05, 3.63) is 129 Å². The lowest BCUT2D eigenvalue weighted by atomic mass is 9.94. The summed E-state index contributed by atoms with van der Waals surface area (Å²) in [6.45, 7) is -0.490. The number of benzene rings is 4. The molecule has 246 valence electrons. The first-order valence-corrected chi connectivity index (χ1v) is 18.5. The van der Waals surface area contributed by atoms with Crippen LogP contribution >= 0.6 is 39.1 Å². The summed E-state index contributed by atoms with van der Waals surface area (Å²) in [4.78, 5) is 30.3. The van der Waals surface area contributed by atoms with Gasteiger partial charge in [0, 0.05) is 23.5 Å². The number of nitrogens with one attached hydrogen (secondary N) is 1. The molecule has 0 aromatic heterocycles. The standard InChI is InChI=1S/C36H36BrCl2N3O4S/c37-28-18-16-27(17-19-28)24-41(34(22-26-10-4-1-5-11-26)36(44)40-29-12-6-2-7-13-29)35(43)25-42(30-20-21-32(38)33(39)23-30)47(45,46)31-14-8-3-9-15-31/h1,3-5,8-11,14-21,23,29,34H,2,6-7,12-13,22,24-25H2,(H,40,44)/t34-/m1/s1. The SMILES string of the molecule is O=C(NC1CCCCC1)[C@@H](Cc1ccccc1)N(Cc1ccc(Br)cc1)C(=O)CN(c1ccc(Cl)c(Cl)c1)S(=O)(=O)c1ccccc1. The van der Waals surface area contributed by atoms with E-state index in [0.29, 0.717) is 0 Å². The molecule has 5 rings (SSSR count). The molecule has 0 radical (unpaired) electrons. The second-order valence-corrected chi connectivity index (χ2v) is 15.2. The lowest BCUT2D eigenvalue weighted by Gasteiger charge is -2.35. The van der Waals surface area contributed by atoms with Crippen molar-refractivity contribution in [1.82, 2.24) is 10.2 Å². The molecule has 1 aliphatic rings. The molecule has 1 saturated carbocycles. The van der Waals surface area contributed by atoms with Crippen LogP contribution in [0.1, 0.15) is 43.2 Å². The zero-order valence-electron chi connectivity index (χ0n) is 25.7. The normalized spacial score (nSPS) is 14.3. The van der Waals surface area contributed by atoms with Crippen LogP contribution in [-0.2, 0) is 32.6 Å². The van der Waals surface area contributed by atoms with Gasteiger partial charge in [-0.1, -0.05) is 119 Å². The van der Waals surface area contributed by atoms with Gasteiger partial charge < -0.3 is 10.2 Å². The maximum absolute atomic E-state index is 14.6. The van der Waals surface area contributed by atoms with Gasteiger partial charge in [0.05, 0.1) is 20.6 Å². The lowest BCUT2D eigenvalue weighted by molar-refractivity contribution is -0.140. The molecule has 0 spiro atoms. The van der Waals surface area contributed by atoms with Crippen molar-refractivity contribution < 1.29 is 18.0 Å². The quantitative estimate of drug-likeness (QED) is 0.159. The summed E-state index contributed by atoms with van der Waals surface area (Å²) in [5.41, 5.74) is 1.84. The van der Waals surface area contributed by atoms with E-state index in [1.807, 2.05) is 54.6 Å². The molecule has 0 saturated heterocycles. The first-order valence-electron chi connectivity index (χ1n) is 15.5. The number of carbonyl (C=O) groups excluding carboxylic acids is 2. The number of amides is 2. The highest BCUT2D eigenvalue weighted by Crippen LogP contribution is 2.31. The highest BCUT2D eigenvalue weighted by molar-refractivity contribution is 9.10. The number of anilines is 1. The van der Waals surface area contributed by atoms with Gasteiger partial charge in [-0.15, -0.1) is 0 Å².